The first-order valence-corrected chi connectivity index (χ1v) is 10.9. The standard InChI is InChI=1S/C21H21ClFN5O3S/c1-12(24-20(30)14-6-4-5-7-15(14)23)19-26-27-21(28(19)2)32-11-18(29)25-16-10-13(22)8-9-17(16)31-3/h4-10,12H,11H2,1-3H3,(H,24,30)(H,25,29). The van der Waals surface area contributed by atoms with Crippen molar-refractivity contribution in [2.24, 2.45) is 7.05 Å². The van der Waals surface area contributed by atoms with Gasteiger partial charge in [-0.1, -0.05) is 35.5 Å². The number of hydrogen-bond donors (Lipinski definition) is 2. The molecule has 0 saturated carbocycles. The summed E-state index contributed by atoms with van der Waals surface area (Å²) in [5.74, 6) is -0.405. The molecule has 0 saturated heterocycles. The van der Waals surface area contributed by atoms with Gasteiger partial charge in [0.05, 0.1) is 30.2 Å². The lowest BCUT2D eigenvalue weighted by molar-refractivity contribution is -0.113. The van der Waals surface area contributed by atoms with E-state index >= 15 is 0 Å². The largest absolute Gasteiger partial charge is 0.495 e. The maximum absolute atomic E-state index is 13.8. The van der Waals surface area contributed by atoms with Crippen LogP contribution in [-0.2, 0) is 11.8 Å². The lowest BCUT2D eigenvalue weighted by Gasteiger charge is -2.14. The van der Waals surface area contributed by atoms with Crippen LogP contribution in [0.1, 0.15) is 29.1 Å². The second-order valence-electron chi connectivity index (χ2n) is 6.76. The first-order valence-electron chi connectivity index (χ1n) is 9.51. The van der Waals surface area contributed by atoms with Gasteiger partial charge in [-0.2, -0.15) is 0 Å². The summed E-state index contributed by atoms with van der Waals surface area (Å²) in [6.45, 7) is 1.72. The highest BCUT2D eigenvalue weighted by Gasteiger charge is 2.20. The van der Waals surface area contributed by atoms with Crippen LogP contribution in [0.4, 0.5) is 10.1 Å². The van der Waals surface area contributed by atoms with Gasteiger partial charge >= 0.3 is 0 Å². The summed E-state index contributed by atoms with van der Waals surface area (Å²) in [6, 6.07) is 10.1. The topological polar surface area (TPSA) is 98.1 Å². The molecular formula is C21H21ClFN5O3S. The van der Waals surface area contributed by atoms with Crippen LogP contribution in [0.2, 0.25) is 5.02 Å². The van der Waals surface area contributed by atoms with Crippen molar-refractivity contribution in [2.75, 3.05) is 18.2 Å². The van der Waals surface area contributed by atoms with Gasteiger partial charge in [0.1, 0.15) is 11.6 Å². The highest BCUT2D eigenvalue weighted by Crippen LogP contribution is 2.28. The number of carbonyl (C=O) groups is 2. The van der Waals surface area contributed by atoms with Crippen LogP contribution in [-0.4, -0.2) is 39.4 Å². The Kier molecular flexibility index (Phi) is 7.70. The summed E-state index contributed by atoms with van der Waals surface area (Å²) in [5.41, 5.74) is 0.415. The average molecular weight is 478 g/mol. The summed E-state index contributed by atoms with van der Waals surface area (Å²) in [7, 11) is 3.22. The minimum absolute atomic E-state index is 0.0516. The van der Waals surface area contributed by atoms with Gasteiger partial charge in [-0.3, -0.25) is 9.59 Å². The number of nitrogens with one attached hydrogen (secondary N) is 2. The maximum atomic E-state index is 13.8. The summed E-state index contributed by atoms with van der Waals surface area (Å²) in [5, 5.41) is 14.6. The van der Waals surface area contributed by atoms with E-state index in [1.165, 1.54) is 37.1 Å². The molecule has 0 fully saturated rings. The van der Waals surface area contributed by atoms with Crippen molar-refractivity contribution in [3.63, 3.8) is 0 Å². The van der Waals surface area contributed by atoms with Crippen molar-refractivity contribution >= 4 is 40.9 Å². The molecule has 0 aliphatic heterocycles. The smallest absolute Gasteiger partial charge is 0.254 e. The van der Waals surface area contributed by atoms with E-state index in [1.807, 2.05) is 0 Å². The van der Waals surface area contributed by atoms with Crippen molar-refractivity contribution in [3.8, 4) is 5.75 Å². The van der Waals surface area contributed by atoms with Crippen molar-refractivity contribution in [3.05, 3.63) is 64.7 Å². The van der Waals surface area contributed by atoms with Crippen molar-refractivity contribution < 1.29 is 18.7 Å². The molecule has 8 nitrogen and oxygen atoms in total. The van der Waals surface area contributed by atoms with Crippen LogP contribution in [0.25, 0.3) is 0 Å². The number of amides is 2. The number of carbonyl (C=O) groups excluding carboxylic acids is 2. The zero-order valence-corrected chi connectivity index (χ0v) is 19.1. The number of nitrogens with zero attached hydrogens (tertiary/aromatic N) is 3. The molecule has 0 aliphatic carbocycles. The molecule has 3 aromatic rings. The van der Waals surface area contributed by atoms with Gasteiger partial charge in [-0.25, -0.2) is 4.39 Å². The first-order chi connectivity index (χ1) is 15.3. The Hall–Kier alpha value is -3.11. The van der Waals surface area contributed by atoms with E-state index in [1.54, 1.807) is 42.8 Å². The van der Waals surface area contributed by atoms with Crippen LogP contribution >= 0.6 is 23.4 Å². The number of aromatic nitrogens is 3. The van der Waals surface area contributed by atoms with E-state index in [9.17, 15) is 14.0 Å². The molecule has 11 heteroatoms. The Morgan fingerprint density at radius 3 is 2.72 bits per heavy atom. The van der Waals surface area contributed by atoms with Gasteiger partial charge in [0.2, 0.25) is 5.91 Å². The van der Waals surface area contributed by atoms with E-state index in [4.69, 9.17) is 16.3 Å². The lowest BCUT2D eigenvalue weighted by Crippen LogP contribution is -2.29. The second-order valence-corrected chi connectivity index (χ2v) is 8.14. The molecule has 0 spiro atoms. The van der Waals surface area contributed by atoms with Gasteiger partial charge in [-0.15, -0.1) is 10.2 Å². The molecule has 0 radical (unpaired) electrons. The van der Waals surface area contributed by atoms with Gasteiger partial charge < -0.3 is 19.9 Å². The van der Waals surface area contributed by atoms with E-state index in [-0.39, 0.29) is 17.2 Å². The molecular weight excluding hydrogens is 457 g/mol. The summed E-state index contributed by atoms with van der Waals surface area (Å²) in [4.78, 5) is 24.7. The van der Waals surface area contributed by atoms with Crippen LogP contribution < -0.4 is 15.4 Å². The third kappa shape index (κ3) is 5.57. The Labute approximate surface area is 193 Å². The van der Waals surface area contributed by atoms with Crippen LogP contribution in [0.5, 0.6) is 5.75 Å². The minimum Gasteiger partial charge on any atom is -0.495 e. The van der Waals surface area contributed by atoms with Gasteiger partial charge in [0.15, 0.2) is 11.0 Å². The molecule has 1 unspecified atom stereocenters. The van der Waals surface area contributed by atoms with E-state index in [0.717, 1.165) is 0 Å². The van der Waals surface area contributed by atoms with Crippen molar-refractivity contribution in [1.82, 2.24) is 20.1 Å². The van der Waals surface area contributed by atoms with E-state index in [0.29, 0.717) is 27.4 Å². The molecule has 1 aromatic heterocycles. The molecule has 2 aromatic carbocycles. The predicted octanol–water partition coefficient (Wildman–Crippen LogP) is 3.84. The third-order valence-corrected chi connectivity index (χ3v) is 5.75. The molecule has 3 rings (SSSR count). The monoisotopic (exact) mass is 477 g/mol. The number of hydrogen-bond acceptors (Lipinski definition) is 6. The zero-order valence-electron chi connectivity index (χ0n) is 17.6. The van der Waals surface area contributed by atoms with Crippen LogP contribution in [0.3, 0.4) is 0 Å². The van der Waals surface area contributed by atoms with Crippen LogP contribution in [0, 0.1) is 5.82 Å². The van der Waals surface area contributed by atoms with E-state index in [2.05, 4.69) is 20.8 Å². The molecule has 0 aliphatic rings. The molecule has 168 valence electrons. The molecule has 2 N–H and O–H groups in total. The highest BCUT2D eigenvalue weighted by atomic mass is 35.5. The SMILES string of the molecule is COc1ccc(Cl)cc1NC(=O)CSc1nnc(C(C)NC(=O)c2ccccc2F)n1C. The zero-order chi connectivity index (χ0) is 23.3. The summed E-state index contributed by atoms with van der Waals surface area (Å²) < 4.78 is 20.7. The predicted molar refractivity (Wildman–Crippen MR) is 121 cm³/mol. The molecule has 0 bridgehead atoms. The fourth-order valence-electron chi connectivity index (χ4n) is 2.91. The lowest BCUT2D eigenvalue weighted by atomic mass is 10.2. The van der Waals surface area contributed by atoms with Gasteiger partial charge in [0.25, 0.3) is 5.91 Å². The van der Waals surface area contributed by atoms with Crippen molar-refractivity contribution in [2.45, 2.75) is 18.1 Å². The minimum atomic E-state index is -0.603. The molecule has 2 amide bonds. The normalized spacial score (nSPS) is 11.7. The molecule has 1 heterocycles. The number of anilines is 1. The fourth-order valence-corrected chi connectivity index (χ4v) is 3.80. The van der Waals surface area contributed by atoms with Crippen molar-refractivity contribution in [1.29, 1.82) is 0 Å². The summed E-state index contributed by atoms with van der Waals surface area (Å²) >= 11 is 7.16. The number of benzene rings is 2. The Bertz CT molecular complexity index is 1140. The molecule has 32 heavy (non-hydrogen) atoms. The Morgan fingerprint density at radius 1 is 1.25 bits per heavy atom. The second kappa shape index (κ2) is 10.5. The highest BCUT2D eigenvalue weighted by molar-refractivity contribution is 7.99. The number of thioether (sulfide) groups is 1. The molecule has 1 atom stereocenters. The Balaban J connectivity index is 1.61. The van der Waals surface area contributed by atoms with Gasteiger partial charge in [-0.05, 0) is 37.3 Å². The summed E-state index contributed by atoms with van der Waals surface area (Å²) in [6.07, 6.45) is 0. The third-order valence-electron chi connectivity index (χ3n) is 4.49. The van der Waals surface area contributed by atoms with E-state index < -0.39 is 17.8 Å². The van der Waals surface area contributed by atoms with Crippen LogP contribution in [0.15, 0.2) is 47.6 Å². The number of halogens is 2. The number of ether oxygens (including phenoxy) is 1. The number of rotatable bonds is 8. The number of methoxy groups -OCH3 is 1. The Morgan fingerprint density at radius 2 is 2.00 bits per heavy atom. The maximum Gasteiger partial charge on any atom is 0.254 e. The fraction of sp³-hybridized carbons (Fsp3) is 0.238. The quantitative estimate of drug-likeness (QED) is 0.478. The average Bonchev–Trinajstić information content (AvgIpc) is 3.13. The van der Waals surface area contributed by atoms with Gasteiger partial charge in [0, 0.05) is 12.1 Å². The first kappa shape index (κ1) is 23.6.